The standard InChI is InChI=1S/C48H22B9NO/c49-37-36(33-22-25-10-2-3-13-27(25)30-15-5-6-16-31(30)33)38(50)43(55)46(42(37)54)58(47-44(56)40(52)39(51)41(53)45(47)57)26-12-7-11-24(21-26)28-17-8-18-34-35(28)32-20-19-23-9-1-4-14-29(23)48(32)59-34/h1-22H. The maximum atomic E-state index is 7.16. The van der Waals surface area contributed by atoms with Crippen LogP contribution in [0.5, 0.6) is 0 Å². The molecular weight excluding hydrogens is 704 g/mol. The molecule has 1 heterocycles. The van der Waals surface area contributed by atoms with Crippen LogP contribution in [-0.2, 0) is 0 Å². The summed E-state index contributed by atoms with van der Waals surface area (Å²) in [6.45, 7) is 0. The average Bonchev–Trinajstić information content (AvgIpc) is 3.66. The first-order valence-corrected chi connectivity index (χ1v) is 19.0. The summed E-state index contributed by atoms with van der Waals surface area (Å²) < 4.78 is 6.53. The SMILES string of the molecule is [B]c1c([B])c([B])c(N(c2cccc(-c3cccc4oc5c6ccccc6ccc5c34)c2)c2c([B])c([B])c(-c3cc4ccccc4c4ccccc34)c([B])c2[B])c([B])c1[B]. The monoisotopic (exact) mass is 727 g/mol. The number of hydrogen-bond acceptors (Lipinski definition) is 2. The molecule has 0 amide bonds. The Morgan fingerprint density at radius 3 is 1.63 bits per heavy atom. The van der Waals surface area contributed by atoms with Crippen molar-refractivity contribution >= 4 is 191 Å². The van der Waals surface area contributed by atoms with E-state index in [1.54, 1.807) is 4.90 Å². The highest BCUT2D eigenvalue weighted by Gasteiger charge is 2.26. The number of anilines is 3. The summed E-state index contributed by atoms with van der Waals surface area (Å²) in [5.74, 6) is 0. The van der Waals surface area contributed by atoms with Crippen molar-refractivity contribution in [2.75, 3.05) is 4.90 Å². The molecule has 59 heavy (non-hydrogen) atoms. The van der Waals surface area contributed by atoms with Gasteiger partial charge in [-0.2, -0.15) is 0 Å². The van der Waals surface area contributed by atoms with Gasteiger partial charge in [-0.15, -0.1) is 16.4 Å². The van der Waals surface area contributed by atoms with E-state index in [1.807, 2.05) is 84.9 Å². The van der Waals surface area contributed by atoms with E-state index < -0.39 is 0 Å². The van der Waals surface area contributed by atoms with Crippen molar-refractivity contribution in [2.24, 2.45) is 0 Å². The highest BCUT2D eigenvalue weighted by atomic mass is 16.3. The van der Waals surface area contributed by atoms with Gasteiger partial charge in [0.15, 0.2) is 0 Å². The summed E-state index contributed by atoms with van der Waals surface area (Å²) in [4.78, 5) is 1.71. The number of nitrogens with zero attached hydrogens (tertiary/aromatic N) is 1. The fourth-order valence-corrected chi connectivity index (χ4v) is 8.66. The number of hydrogen-bond donors (Lipinski definition) is 0. The topological polar surface area (TPSA) is 16.4 Å². The second kappa shape index (κ2) is 14.1. The molecule has 0 aliphatic heterocycles. The van der Waals surface area contributed by atoms with Crippen molar-refractivity contribution in [3.8, 4) is 22.3 Å². The van der Waals surface area contributed by atoms with E-state index in [2.05, 4.69) is 48.5 Å². The number of fused-ring (bicyclic) bond motifs is 8. The van der Waals surface area contributed by atoms with Crippen molar-refractivity contribution < 1.29 is 4.42 Å². The van der Waals surface area contributed by atoms with Gasteiger partial charge in [-0.3, -0.25) is 0 Å². The quantitative estimate of drug-likeness (QED) is 0.201. The highest BCUT2D eigenvalue weighted by Crippen LogP contribution is 2.41. The summed E-state index contributed by atoms with van der Waals surface area (Å²) >= 11 is 0. The molecule has 2 nitrogen and oxygen atoms in total. The van der Waals surface area contributed by atoms with Crippen LogP contribution in [0.2, 0.25) is 0 Å². The first-order valence-electron chi connectivity index (χ1n) is 19.0. The number of rotatable bonds is 5. The third kappa shape index (κ3) is 5.61. The molecule has 0 aliphatic carbocycles. The highest BCUT2D eigenvalue weighted by molar-refractivity contribution is 6.69. The molecule has 11 heteroatoms. The molecule has 0 unspecified atom stereocenters. The van der Waals surface area contributed by atoms with E-state index in [0.717, 1.165) is 70.9 Å². The van der Waals surface area contributed by atoms with Gasteiger partial charge in [0.25, 0.3) is 0 Å². The first kappa shape index (κ1) is 37.2. The second-order valence-corrected chi connectivity index (χ2v) is 14.8. The van der Waals surface area contributed by atoms with Crippen LogP contribution in [-0.4, -0.2) is 70.6 Å². The normalized spacial score (nSPS) is 11.7. The molecule has 18 radical (unpaired) electrons. The van der Waals surface area contributed by atoms with Gasteiger partial charge in [-0.05, 0) is 79.5 Å². The summed E-state index contributed by atoms with van der Waals surface area (Å²) in [5.41, 5.74) is 6.60. The molecule has 0 saturated carbocycles. The van der Waals surface area contributed by atoms with Crippen LogP contribution >= 0.6 is 0 Å². The Labute approximate surface area is 354 Å². The van der Waals surface area contributed by atoms with Crippen LogP contribution in [0, 0.1) is 0 Å². The van der Waals surface area contributed by atoms with Crippen LogP contribution in [0.4, 0.5) is 17.1 Å². The van der Waals surface area contributed by atoms with Gasteiger partial charge in [0, 0.05) is 33.2 Å². The van der Waals surface area contributed by atoms with Gasteiger partial charge in [-0.1, -0.05) is 136 Å². The van der Waals surface area contributed by atoms with Crippen LogP contribution in [0.15, 0.2) is 138 Å². The molecule has 0 saturated heterocycles. The van der Waals surface area contributed by atoms with Crippen LogP contribution in [0.3, 0.4) is 0 Å². The van der Waals surface area contributed by atoms with Crippen molar-refractivity contribution in [2.45, 2.75) is 0 Å². The zero-order valence-electron chi connectivity index (χ0n) is 31.8. The molecule has 10 aromatic rings. The van der Waals surface area contributed by atoms with Gasteiger partial charge in [0.1, 0.15) is 81.8 Å². The maximum absolute atomic E-state index is 7.16. The number of benzene rings is 9. The zero-order valence-corrected chi connectivity index (χ0v) is 31.8. The number of furan rings is 1. The Morgan fingerprint density at radius 1 is 0.373 bits per heavy atom. The maximum Gasteiger partial charge on any atom is 0.143 e. The smallest absolute Gasteiger partial charge is 0.143 e. The van der Waals surface area contributed by atoms with E-state index in [9.17, 15) is 0 Å². The van der Waals surface area contributed by atoms with Gasteiger partial charge in [0.05, 0.1) is 0 Å². The average molecular weight is 726 g/mol. The van der Waals surface area contributed by atoms with Crippen LogP contribution < -0.4 is 54.1 Å². The van der Waals surface area contributed by atoms with Gasteiger partial charge in [0.2, 0.25) is 0 Å². The largest absolute Gasteiger partial charge is 0.455 e. The third-order valence-corrected chi connectivity index (χ3v) is 11.6. The zero-order chi connectivity index (χ0) is 40.9. The Kier molecular flexibility index (Phi) is 8.87. The summed E-state index contributed by atoms with van der Waals surface area (Å²) in [6, 6.07) is 44.4. The Bertz CT molecular complexity index is 3350. The Balaban J connectivity index is 1.24. The molecule has 1 aromatic heterocycles. The molecule has 0 N–H and O–H groups in total. The van der Waals surface area contributed by atoms with E-state index in [4.69, 9.17) is 75.0 Å². The summed E-state index contributed by atoms with van der Waals surface area (Å²) in [7, 11) is 61.5. The van der Waals surface area contributed by atoms with Crippen molar-refractivity contribution in [3.63, 3.8) is 0 Å². The van der Waals surface area contributed by atoms with Crippen LogP contribution in [0.1, 0.15) is 0 Å². The fraction of sp³-hybridized carbons (Fsp3) is 0. The molecule has 0 atom stereocenters. The Morgan fingerprint density at radius 2 is 0.932 bits per heavy atom. The minimum Gasteiger partial charge on any atom is -0.455 e. The lowest BCUT2D eigenvalue weighted by atomic mass is 9.61. The molecule has 0 aliphatic rings. The fourth-order valence-electron chi connectivity index (χ4n) is 8.66. The molecule has 9 aromatic carbocycles. The lowest BCUT2D eigenvalue weighted by Crippen LogP contribution is -2.57. The minimum absolute atomic E-state index is 0.0482. The second-order valence-electron chi connectivity index (χ2n) is 14.8. The van der Waals surface area contributed by atoms with Crippen molar-refractivity contribution in [3.05, 3.63) is 133 Å². The van der Waals surface area contributed by atoms with Crippen molar-refractivity contribution in [1.29, 1.82) is 0 Å². The third-order valence-electron chi connectivity index (χ3n) is 11.6. The predicted octanol–water partition coefficient (Wildman–Crippen LogP) is 2.99. The van der Waals surface area contributed by atoms with Crippen molar-refractivity contribution in [1.82, 2.24) is 0 Å². The lowest BCUT2D eigenvalue weighted by Gasteiger charge is -2.37. The molecule has 10 rings (SSSR count). The minimum atomic E-state index is 0.0482. The molecule has 0 bridgehead atoms. The van der Waals surface area contributed by atoms with Gasteiger partial charge in [-0.25, -0.2) is 0 Å². The first-order chi connectivity index (χ1) is 28.5. The van der Waals surface area contributed by atoms with Gasteiger partial charge >= 0.3 is 0 Å². The molecule has 0 fully saturated rings. The molecule has 0 spiro atoms. The lowest BCUT2D eigenvalue weighted by molar-refractivity contribution is 0.673. The van der Waals surface area contributed by atoms with E-state index in [0.29, 0.717) is 11.3 Å². The summed E-state index contributed by atoms with van der Waals surface area (Å²) in [5, 5.41) is 8.10. The molecule has 252 valence electrons. The van der Waals surface area contributed by atoms with E-state index >= 15 is 0 Å². The predicted molar refractivity (Wildman–Crippen MR) is 260 cm³/mol. The Hall–Kier alpha value is -6.06. The van der Waals surface area contributed by atoms with E-state index in [1.165, 1.54) is 0 Å². The van der Waals surface area contributed by atoms with Gasteiger partial charge < -0.3 is 9.32 Å². The van der Waals surface area contributed by atoms with E-state index in [-0.39, 0.29) is 60.5 Å². The van der Waals surface area contributed by atoms with Crippen LogP contribution in [0.25, 0.3) is 76.5 Å². The summed E-state index contributed by atoms with van der Waals surface area (Å²) in [6.07, 6.45) is 0. The molecular formula is C48H22B9NO.